The molecule has 0 aliphatic rings. The van der Waals surface area contributed by atoms with Crippen molar-refractivity contribution in [3.05, 3.63) is 25.8 Å². The molecular formula is C6H4BrClN2O3. The van der Waals surface area contributed by atoms with Crippen LogP contribution < -0.4 is 4.74 Å². The fourth-order valence-electron chi connectivity index (χ4n) is 0.638. The molecule has 0 saturated heterocycles. The average Bonchev–Trinajstić information content (AvgIpc) is 2.10. The van der Waals surface area contributed by atoms with Crippen molar-refractivity contribution in [3.63, 3.8) is 0 Å². The Morgan fingerprint density at radius 1 is 1.92 bits per heavy atom. The maximum absolute atomic E-state index is 10.5. The lowest BCUT2D eigenvalue weighted by atomic mass is 10.4. The fraction of sp³-hybridized carbons (Fsp3) is 0.167. The SMILES string of the molecule is [2H]C([2H])([2H])Oc1ncc([N+](=O)[O-])c(Cl)c1Br. The molecule has 13 heavy (non-hydrogen) atoms. The Morgan fingerprint density at radius 2 is 2.62 bits per heavy atom. The number of halogens is 2. The quantitative estimate of drug-likeness (QED) is 0.611. The van der Waals surface area contributed by atoms with Crippen LogP contribution in [0.1, 0.15) is 4.11 Å². The van der Waals surface area contributed by atoms with Gasteiger partial charge in [-0.05, 0) is 15.9 Å². The number of ether oxygens (including phenoxy) is 1. The first kappa shape index (κ1) is 6.56. The summed E-state index contributed by atoms with van der Waals surface area (Å²) in [6, 6.07) is 0. The van der Waals surface area contributed by atoms with Crippen LogP contribution in [0, 0.1) is 10.1 Å². The molecular weight excluding hydrogens is 263 g/mol. The summed E-state index contributed by atoms with van der Waals surface area (Å²) in [4.78, 5) is 13.2. The first-order valence-corrected chi connectivity index (χ1v) is 4.07. The summed E-state index contributed by atoms with van der Waals surface area (Å²) >= 11 is 8.51. The van der Waals surface area contributed by atoms with E-state index < -0.39 is 17.6 Å². The third-order valence-corrected chi connectivity index (χ3v) is 2.55. The van der Waals surface area contributed by atoms with E-state index >= 15 is 0 Å². The van der Waals surface area contributed by atoms with Crippen molar-refractivity contribution >= 4 is 33.2 Å². The van der Waals surface area contributed by atoms with E-state index in [0.717, 1.165) is 6.20 Å². The first-order valence-electron chi connectivity index (χ1n) is 4.40. The van der Waals surface area contributed by atoms with E-state index in [2.05, 4.69) is 25.7 Å². The molecule has 0 aliphatic heterocycles. The molecule has 0 amide bonds. The molecule has 0 spiro atoms. The summed E-state index contributed by atoms with van der Waals surface area (Å²) in [5.74, 6) is -0.324. The highest BCUT2D eigenvalue weighted by molar-refractivity contribution is 9.10. The fourth-order valence-corrected chi connectivity index (χ4v) is 1.22. The molecule has 1 rings (SSSR count). The van der Waals surface area contributed by atoms with E-state index in [-0.39, 0.29) is 15.4 Å². The third kappa shape index (κ3) is 1.89. The number of pyridine rings is 1. The maximum Gasteiger partial charge on any atom is 0.307 e. The predicted octanol–water partition coefficient (Wildman–Crippen LogP) is 2.41. The standard InChI is InChI=1S/C6H4BrClN2O3/c1-13-6-4(7)5(8)3(2-9-6)10(11)12/h2H,1H3/i1D3. The summed E-state index contributed by atoms with van der Waals surface area (Å²) in [5, 5.41) is 10.2. The Morgan fingerprint density at radius 3 is 3.15 bits per heavy atom. The van der Waals surface area contributed by atoms with E-state index in [4.69, 9.17) is 15.7 Å². The van der Waals surface area contributed by atoms with Gasteiger partial charge in [0.15, 0.2) is 0 Å². The van der Waals surface area contributed by atoms with Crippen LogP contribution in [0.4, 0.5) is 5.69 Å². The smallest absolute Gasteiger partial charge is 0.307 e. The molecule has 0 N–H and O–H groups in total. The predicted molar refractivity (Wildman–Crippen MR) is 50.2 cm³/mol. The monoisotopic (exact) mass is 269 g/mol. The number of hydrogen-bond acceptors (Lipinski definition) is 4. The van der Waals surface area contributed by atoms with E-state index in [1.807, 2.05) is 0 Å². The second-order valence-corrected chi connectivity index (χ2v) is 3.11. The van der Waals surface area contributed by atoms with Gasteiger partial charge in [-0.25, -0.2) is 4.98 Å². The lowest BCUT2D eigenvalue weighted by molar-refractivity contribution is -0.385. The first-order chi connectivity index (χ1) is 7.22. The van der Waals surface area contributed by atoms with Crippen molar-refractivity contribution in [3.8, 4) is 5.88 Å². The van der Waals surface area contributed by atoms with Crippen molar-refractivity contribution < 1.29 is 13.8 Å². The van der Waals surface area contributed by atoms with Gasteiger partial charge in [0.05, 0.1) is 16.1 Å². The molecule has 0 bridgehead atoms. The van der Waals surface area contributed by atoms with Gasteiger partial charge in [0.2, 0.25) is 5.88 Å². The number of hydrogen-bond donors (Lipinski definition) is 0. The van der Waals surface area contributed by atoms with Crippen molar-refractivity contribution in [2.45, 2.75) is 0 Å². The van der Waals surface area contributed by atoms with Gasteiger partial charge in [-0.2, -0.15) is 0 Å². The van der Waals surface area contributed by atoms with Gasteiger partial charge < -0.3 is 4.74 Å². The summed E-state index contributed by atoms with van der Waals surface area (Å²) in [7, 11) is -2.70. The van der Waals surface area contributed by atoms with Crippen LogP contribution >= 0.6 is 27.5 Å². The normalized spacial score (nSPS) is 14.2. The number of aromatic nitrogens is 1. The highest BCUT2D eigenvalue weighted by atomic mass is 79.9. The van der Waals surface area contributed by atoms with E-state index in [1.54, 1.807) is 0 Å². The molecule has 0 radical (unpaired) electrons. The molecule has 0 unspecified atom stereocenters. The molecule has 1 aromatic heterocycles. The topological polar surface area (TPSA) is 65.3 Å². The van der Waals surface area contributed by atoms with Crippen LogP contribution in [0.25, 0.3) is 0 Å². The zero-order valence-corrected chi connectivity index (χ0v) is 8.29. The summed E-state index contributed by atoms with van der Waals surface area (Å²) < 4.78 is 25.0. The number of methoxy groups -OCH3 is 1. The minimum atomic E-state index is -2.70. The van der Waals surface area contributed by atoms with E-state index in [1.165, 1.54) is 0 Å². The van der Waals surface area contributed by atoms with Gasteiger partial charge in [0, 0.05) is 0 Å². The number of rotatable bonds is 2. The molecule has 0 saturated carbocycles. The molecule has 0 fully saturated rings. The molecule has 1 heterocycles. The van der Waals surface area contributed by atoms with Gasteiger partial charge in [0.1, 0.15) is 15.7 Å². The number of nitro groups is 1. The minimum absolute atomic E-state index is 0.0699. The summed E-state index contributed by atoms with van der Waals surface area (Å²) in [5.41, 5.74) is -0.438. The van der Waals surface area contributed by atoms with Crippen molar-refractivity contribution in [2.75, 3.05) is 7.04 Å². The van der Waals surface area contributed by atoms with Gasteiger partial charge >= 0.3 is 5.69 Å². The molecule has 1 aromatic rings. The average molecular weight is 270 g/mol. The molecule has 0 aromatic carbocycles. The van der Waals surface area contributed by atoms with Crippen LogP contribution in [0.15, 0.2) is 10.7 Å². The molecule has 7 heteroatoms. The van der Waals surface area contributed by atoms with Crippen molar-refractivity contribution in [2.24, 2.45) is 0 Å². The highest BCUT2D eigenvalue weighted by Gasteiger charge is 2.19. The van der Waals surface area contributed by atoms with Crippen molar-refractivity contribution in [1.29, 1.82) is 0 Å². The van der Waals surface area contributed by atoms with Crippen LogP contribution in [-0.4, -0.2) is 16.9 Å². The van der Waals surface area contributed by atoms with Gasteiger partial charge in [-0.3, -0.25) is 10.1 Å². The van der Waals surface area contributed by atoms with Gasteiger partial charge in [-0.15, -0.1) is 0 Å². The van der Waals surface area contributed by atoms with E-state index in [0.29, 0.717) is 0 Å². The van der Waals surface area contributed by atoms with Crippen LogP contribution in [-0.2, 0) is 0 Å². The maximum atomic E-state index is 10.5. The molecule has 0 atom stereocenters. The van der Waals surface area contributed by atoms with E-state index in [9.17, 15) is 10.1 Å². The minimum Gasteiger partial charge on any atom is -0.480 e. The lowest BCUT2D eigenvalue weighted by Crippen LogP contribution is -1.94. The largest absolute Gasteiger partial charge is 0.480 e. The second kappa shape index (κ2) is 3.89. The van der Waals surface area contributed by atoms with Crippen LogP contribution in [0.3, 0.4) is 0 Å². The molecule has 0 aliphatic carbocycles. The Labute approximate surface area is 91.2 Å². The zero-order chi connectivity index (χ0) is 12.5. The van der Waals surface area contributed by atoms with Crippen molar-refractivity contribution in [1.82, 2.24) is 4.98 Å². The summed E-state index contributed by atoms with van der Waals surface area (Å²) in [6.07, 6.45) is 0.828. The van der Waals surface area contributed by atoms with Crippen LogP contribution in [0.2, 0.25) is 5.02 Å². The lowest BCUT2D eigenvalue weighted by Gasteiger charge is -2.02. The zero-order valence-electron chi connectivity index (χ0n) is 8.95. The highest BCUT2D eigenvalue weighted by Crippen LogP contribution is 2.36. The summed E-state index contributed by atoms with van der Waals surface area (Å²) in [6.45, 7) is 0. The Kier molecular flexibility index (Phi) is 1.96. The molecule has 70 valence electrons. The number of nitrogens with zero attached hydrogens (tertiary/aromatic N) is 2. The Bertz CT molecular complexity index is 440. The van der Waals surface area contributed by atoms with Gasteiger partial charge in [0.25, 0.3) is 0 Å². The Hall–Kier alpha value is -0.880. The third-order valence-electron chi connectivity index (χ3n) is 1.20. The Balaban J connectivity index is 3.17. The molecule has 5 nitrogen and oxygen atoms in total. The second-order valence-electron chi connectivity index (χ2n) is 1.94. The van der Waals surface area contributed by atoms with Gasteiger partial charge in [-0.1, -0.05) is 11.6 Å². The van der Waals surface area contributed by atoms with Crippen LogP contribution in [0.5, 0.6) is 5.88 Å².